The molecule has 0 aliphatic carbocycles. The van der Waals surface area contributed by atoms with Gasteiger partial charge in [-0.3, -0.25) is 14.9 Å². The Hall–Kier alpha value is -1.79. The number of nitrogens with two attached hydrogens (primary N) is 1. The summed E-state index contributed by atoms with van der Waals surface area (Å²) in [5.74, 6) is 5.48. The molecule has 2 aromatic heterocycles. The molecule has 102 valence electrons. The summed E-state index contributed by atoms with van der Waals surface area (Å²) in [6.07, 6.45) is 0. The Kier molecular flexibility index (Phi) is 3.64. The highest BCUT2D eigenvalue weighted by Crippen LogP contribution is 2.21. The number of aromatic nitrogens is 2. The van der Waals surface area contributed by atoms with Crippen molar-refractivity contribution in [3.8, 4) is 0 Å². The molecule has 0 fully saturated rings. The van der Waals surface area contributed by atoms with E-state index in [2.05, 4.69) is 5.10 Å². The van der Waals surface area contributed by atoms with Gasteiger partial charge in [-0.2, -0.15) is 5.10 Å². The topological polar surface area (TPSA) is 86.1 Å². The number of nitrogens with zero attached hydrogens (tertiary/aromatic N) is 2. The minimum absolute atomic E-state index is 0.213. The lowest BCUT2D eigenvalue weighted by Gasteiger charge is -2.01. The highest BCUT2D eigenvalue weighted by Gasteiger charge is 2.16. The zero-order valence-electron chi connectivity index (χ0n) is 11.0. The lowest BCUT2D eigenvalue weighted by atomic mass is 10.2. The molecule has 3 N–H and O–H groups in total. The van der Waals surface area contributed by atoms with Crippen molar-refractivity contribution >= 4 is 17.5 Å². The van der Waals surface area contributed by atoms with Gasteiger partial charge in [-0.15, -0.1) is 0 Å². The van der Waals surface area contributed by atoms with E-state index in [0.29, 0.717) is 17.3 Å². The number of halogens is 1. The lowest BCUT2D eigenvalue weighted by Crippen LogP contribution is -2.30. The molecule has 0 unspecified atom stereocenters. The normalized spacial score (nSPS) is 10.8. The molecule has 6 nitrogen and oxygen atoms in total. The van der Waals surface area contributed by atoms with Gasteiger partial charge in [0.1, 0.15) is 5.76 Å². The third-order valence-corrected chi connectivity index (χ3v) is 3.45. The van der Waals surface area contributed by atoms with Gasteiger partial charge >= 0.3 is 5.91 Å². The number of amides is 1. The van der Waals surface area contributed by atoms with Crippen LogP contribution in [0.2, 0.25) is 5.02 Å². The second-order valence-corrected chi connectivity index (χ2v) is 4.72. The van der Waals surface area contributed by atoms with Crippen molar-refractivity contribution in [1.82, 2.24) is 15.2 Å². The van der Waals surface area contributed by atoms with E-state index < -0.39 is 5.91 Å². The van der Waals surface area contributed by atoms with E-state index in [1.54, 1.807) is 17.7 Å². The maximum absolute atomic E-state index is 11.5. The number of hydrogen-bond acceptors (Lipinski definition) is 4. The molecule has 2 aromatic rings. The number of hydrogen-bond donors (Lipinski definition) is 2. The molecule has 0 spiro atoms. The Labute approximate surface area is 115 Å². The number of hydrazine groups is 1. The molecule has 2 heterocycles. The molecular formula is C12H15ClN4O2. The van der Waals surface area contributed by atoms with Crippen LogP contribution in [0.25, 0.3) is 0 Å². The predicted octanol–water partition coefficient (Wildman–Crippen LogP) is 1.71. The molecule has 2 rings (SSSR count). The number of aryl methyl sites for hydroxylation is 2. The molecule has 0 aliphatic heterocycles. The van der Waals surface area contributed by atoms with Crippen LogP contribution in [-0.2, 0) is 6.54 Å². The highest BCUT2D eigenvalue weighted by molar-refractivity contribution is 6.31. The summed E-state index contributed by atoms with van der Waals surface area (Å²) in [5, 5.41) is 4.95. The number of carbonyl (C=O) groups is 1. The quantitative estimate of drug-likeness (QED) is 0.510. The fourth-order valence-corrected chi connectivity index (χ4v) is 2.03. The van der Waals surface area contributed by atoms with E-state index in [0.717, 1.165) is 17.0 Å². The van der Waals surface area contributed by atoms with Crippen molar-refractivity contribution in [1.29, 1.82) is 0 Å². The zero-order valence-corrected chi connectivity index (χ0v) is 11.7. The van der Waals surface area contributed by atoms with Crippen LogP contribution in [0, 0.1) is 20.8 Å². The maximum atomic E-state index is 11.5. The van der Waals surface area contributed by atoms with Crippen molar-refractivity contribution in [3.63, 3.8) is 0 Å². The summed E-state index contributed by atoms with van der Waals surface area (Å²) in [6, 6.07) is 1.79. The average molecular weight is 283 g/mol. The lowest BCUT2D eigenvalue weighted by molar-refractivity contribution is 0.0923. The summed E-state index contributed by atoms with van der Waals surface area (Å²) >= 11 is 6.08. The molecule has 0 bridgehead atoms. The minimum atomic E-state index is -0.449. The number of furan rings is 1. The smallest absolute Gasteiger partial charge is 0.301 e. The highest BCUT2D eigenvalue weighted by atomic mass is 35.5. The fraction of sp³-hybridized carbons (Fsp3) is 0.333. The molecule has 0 atom stereocenters. The Bertz CT molecular complexity index is 630. The van der Waals surface area contributed by atoms with Crippen LogP contribution in [0.1, 0.15) is 33.3 Å². The minimum Gasteiger partial charge on any atom is -0.454 e. The van der Waals surface area contributed by atoms with Crippen molar-refractivity contribution in [2.45, 2.75) is 27.3 Å². The van der Waals surface area contributed by atoms with E-state index in [9.17, 15) is 4.79 Å². The van der Waals surface area contributed by atoms with E-state index >= 15 is 0 Å². The van der Waals surface area contributed by atoms with Crippen LogP contribution in [-0.4, -0.2) is 15.7 Å². The first kappa shape index (κ1) is 13.6. The molecule has 7 heteroatoms. The molecule has 0 aromatic carbocycles. The van der Waals surface area contributed by atoms with Crippen LogP contribution >= 0.6 is 11.6 Å². The number of rotatable bonds is 3. The van der Waals surface area contributed by atoms with Gasteiger partial charge in [0, 0.05) is 5.56 Å². The van der Waals surface area contributed by atoms with E-state index in [1.807, 2.05) is 19.3 Å². The molecule has 0 saturated heterocycles. The molecule has 1 amide bonds. The van der Waals surface area contributed by atoms with Gasteiger partial charge in [0.15, 0.2) is 5.76 Å². The molecule has 0 saturated carbocycles. The zero-order chi connectivity index (χ0) is 14.2. The second kappa shape index (κ2) is 5.07. The first-order valence-electron chi connectivity index (χ1n) is 5.73. The molecule has 0 radical (unpaired) electrons. The molecule has 19 heavy (non-hydrogen) atoms. The SMILES string of the molecule is Cc1cc(Cn2nc(C)c(Cl)c2C)oc1C(=O)NN. The van der Waals surface area contributed by atoms with Crippen molar-refractivity contribution < 1.29 is 9.21 Å². The van der Waals surface area contributed by atoms with E-state index in [1.165, 1.54) is 0 Å². The Morgan fingerprint density at radius 2 is 2.21 bits per heavy atom. The summed E-state index contributed by atoms with van der Waals surface area (Å²) in [5.41, 5.74) is 4.40. The van der Waals surface area contributed by atoms with Gasteiger partial charge in [0.2, 0.25) is 0 Å². The largest absolute Gasteiger partial charge is 0.454 e. The monoisotopic (exact) mass is 282 g/mol. The Morgan fingerprint density at radius 3 is 2.74 bits per heavy atom. The molecular weight excluding hydrogens is 268 g/mol. The van der Waals surface area contributed by atoms with E-state index in [-0.39, 0.29) is 5.76 Å². The van der Waals surface area contributed by atoms with Crippen LogP contribution in [0.15, 0.2) is 10.5 Å². The number of carbonyl (C=O) groups excluding carboxylic acids is 1. The van der Waals surface area contributed by atoms with Crippen LogP contribution in [0.3, 0.4) is 0 Å². The van der Waals surface area contributed by atoms with E-state index in [4.69, 9.17) is 21.9 Å². The summed E-state index contributed by atoms with van der Waals surface area (Å²) in [7, 11) is 0. The van der Waals surface area contributed by atoms with Gasteiger partial charge in [-0.1, -0.05) is 11.6 Å². The number of nitrogen functional groups attached to an aromatic ring is 1. The third-order valence-electron chi connectivity index (χ3n) is 2.90. The maximum Gasteiger partial charge on any atom is 0.301 e. The van der Waals surface area contributed by atoms with Crippen molar-refractivity contribution in [2.24, 2.45) is 5.84 Å². The van der Waals surface area contributed by atoms with Crippen molar-refractivity contribution in [2.75, 3.05) is 0 Å². The van der Waals surface area contributed by atoms with Crippen LogP contribution in [0.5, 0.6) is 0 Å². The Morgan fingerprint density at radius 1 is 1.53 bits per heavy atom. The first-order valence-corrected chi connectivity index (χ1v) is 6.11. The third kappa shape index (κ3) is 2.50. The Balaban J connectivity index is 2.29. The summed E-state index contributed by atoms with van der Waals surface area (Å²) in [6.45, 7) is 5.92. The summed E-state index contributed by atoms with van der Waals surface area (Å²) < 4.78 is 7.22. The van der Waals surface area contributed by atoms with Gasteiger partial charge in [0.05, 0.1) is 23.0 Å². The first-order chi connectivity index (χ1) is 8.93. The van der Waals surface area contributed by atoms with Crippen LogP contribution in [0.4, 0.5) is 0 Å². The van der Waals surface area contributed by atoms with Crippen LogP contribution < -0.4 is 11.3 Å². The molecule has 0 aliphatic rings. The second-order valence-electron chi connectivity index (χ2n) is 4.34. The predicted molar refractivity (Wildman–Crippen MR) is 70.9 cm³/mol. The number of nitrogens with one attached hydrogen (secondary N) is 1. The van der Waals surface area contributed by atoms with Gasteiger partial charge in [-0.05, 0) is 26.8 Å². The fourth-order valence-electron chi connectivity index (χ4n) is 1.89. The summed E-state index contributed by atoms with van der Waals surface area (Å²) in [4.78, 5) is 11.5. The standard InChI is InChI=1S/C12H15ClN4O2/c1-6-4-9(19-11(6)12(18)15-14)5-17-8(3)10(13)7(2)16-17/h4H,5,14H2,1-3H3,(H,15,18). The van der Waals surface area contributed by atoms with Gasteiger partial charge < -0.3 is 4.42 Å². The van der Waals surface area contributed by atoms with Gasteiger partial charge in [-0.25, -0.2) is 5.84 Å². The van der Waals surface area contributed by atoms with Gasteiger partial charge in [0.25, 0.3) is 0 Å². The average Bonchev–Trinajstić information content (AvgIpc) is 2.85. The van der Waals surface area contributed by atoms with Crippen molar-refractivity contribution in [3.05, 3.63) is 39.6 Å².